The van der Waals surface area contributed by atoms with Gasteiger partial charge in [-0.3, -0.25) is 4.79 Å². The number of nitrogens with one attached hydrogen (secondary N) is 1. The van der Waals surface area contributed by atoms with Crippen LogP contribution in [0.4, 0.5) is 0 Å². The van der Waals surface area contributed by atoms with Gasteiger partial charge in [0.2, 0.25) is 0 Å². The summed E-state index contributed by atoms with van der Waals surface area (Å²) in [6, 6.07) is 9.91. The number of hydrogen-bond acceptors (Lipinski definition) is 3. The van der Waals surface area contributed by atoms with E-state index in [-0.39, 0.29) is 5.56 Å². The van der Waals surface area contributed by atoms with E-state index in [0.717, 1.165) is 5.56 Å². The molecule has 17 heavy (non-hydrogen) atoms. The molecular weight excluding hydrogens is 214 g/mol. The number of nitrogens with two attached hydrogens (primary N) is 1. The number of aromatic amines is 1. The highest BCUT2D eigenvalue weighted by Crippen LogP contribution is 2.03. The van der Waals surface area contributed by atoms with Crippen LogP contribution >= 0.6 is 0 Å². The molecule has 0 saturated heterocycles. The average molecular weight is 229 g/mol. The third kappa shape index (κ3) is 3.01. The fourth-order valence-electron chi connectivity index (χ4n) is 1.67. The summed E-state index contributed by atoms with van der Waals surface area (Å²) in [5.41, 5.74) is 7.09. The van der Waals surface area contributed by atoms with Gasteiger partial charge in [0.05, 0.1) is 0 Å². The van der Waals surface area contributed by atoms with Crippen LogP contribution in [-0.4, -0.2) is 16.5 Å². The van der Waals surface area contributed by atoms with Gasteiger partial charge in [-0.2, -0.15) is 0 Å². The van der Waals surface area contributed by atoms with Crippen molar-refractivity contribution in [2.75, 3.05) is 6.54 Å². The van der Waals surface area contributed by atoms with Gasteiger partial charge in [-0.15, -0.1) is 0 Å². The summed E-state index contributed by atoms with van der Waals surface area (Å²) in [5.74, 6) is 0.682. The highest BCUT2D eigenvalue weighted by molar-refractivity contribution is 5.19. The van der Waals surface area contributed by atoms with Crippen molar-refractivity contribution < 1.29 is 0 Å². The molecule has 0 bridgehead atoms. The van der Waals surface area contributed by atoms with Crippen LogP contribution in [0.3, 0.4) is 0 Å². The molecule has 0 radical (unpaired) electrons. The van der Waals surface area contributed by atoms with Crippen molar-refractivity contribution in [3.8, 4) is 0 Å². The number of benzene rings is 1. The molecule has 4 nitrogen and oxygen atoms in total. The zero-order chi connectivity index (χ0) is 12.1. The van der Waals surface area contributed by atoms with Crippen molar-refractivity contribution >= 4 is 0 Å². The topological polar surface area (TPSA) is 71.8 Å². The molecule has 0 fully saturated rings. The van der Waals surface area contributed by atoms with Crippen LogP contribution in [0.2, 0.25) is 0 Å². The quantitative estimate of drug-likeness (QED) is 0.816. The van der Waals surface area contributed by atoms with Gasteiger partial charge in [-0.25, -0.2) is 4.98 Å². The molecule has 3 N–H and O–H groups in total. The van der Waals surface area contributed by atoms with Crippen molar-refractivity contribution in [3.63, 3.8) is 0 Å². The molecule has 0 saturated carbocycles. The van der Waals surface area contributed by atoms with Gasteiger partial charge in [0.15, 0.2) is 0 Å². The predicted molar refractivity (Wildman–Crippen MR) is 66.9 cm³/mol. The smallest absolute Gasteiger partial charge is 0.254 e. The van der Waals surface area contributed by atoms with Gasteiger partial charge in [-0.1, -0.05) is 30.3 Å². The van der Waals surface area contributed by atoms with E-state index < -0.39 is 0 Å². The van der Waals surface area contributed by atoms with E-state index in [1.807, 2.05) is 30.3 Å². The van der Waals surface area contributed by atoms with Gasteiger partial charge in [0.1, 0.15) is 5.82 Å². The second-order valence-electron chi connectivity index (χ2n) is 3.89. The summed E-state index contributed by atoms with van der Waals surface area (Å²) < 4.78 is 0. The van der Waals surface area contributed by atoms with Crippen LogP contribution in [-0.2, 0) is 12.8 Å². The first kappa shape index (κ1) is 11.5. The number of hydrogen-bond donors (Lipinski definition) is 2. The molecule has 0 atom stereocenters. The minimum atomic E-state index is -0.0867. The Morgan fingerprint density at radius 3 is 2.65 bits per heavy atom. The van der Waals surface area contributed by atoms with Crippen molar-refractivity contribution in [2.24, 2.45) is 5.73 Å². The highest BCUT2D eigenvalue weighted by atomic mass is 16.1. The van der Waals surface area contributed by atoms with Crippen molar-refractivity contribution in [2.45, 2.75) is 12.8 Å². The summed E-state index contributed by atoms with van der Waals surface area (Å²) in [6.07, 6.45) is 2.82. The molecule has 1 heterocycles. The van der Waals surface area contributed by atoms with E-state index in [4.69, 9.17) is 5.73 Å². The van der Waals surface area contributed by atoms with E-state index in [0.29, 0.717) is 30.8 Å². The molecular formula is C13H15N3O. The predicted octanol–water partition coefficient (Wildman–Crippen LogP) is 0.862. The van der Waals surface area contributed by atoms with Crippen LogP contribution < -0.4 is 11.3 Å². The van der Waals surface area contributed by atoms with Crippen molar-refractivity contribution in [1.29, 1.82) is 0 Å². The SMILES string of the molecule is NCCc1cnc(Cc2ccccc2)[nH]c1=O. The van der Waals surface area contributed by atoms with E-state index in [1.54, 1.807) is 6.20 Å². The van der Waals surface area contributed by atoms with Gasteiger partial charge < -0.3 is 10.7 Å². The third-order valence-electron chi connectivity index (χ3n) is 2.55. The summed E-state index contributed by atoms with van der Waals surface area (Å²) in [5, 5.41) is 0. The molecule has 4 heteroatoms. The Morgan fingerprint density at radius 1 is 1.24 bits per heavy atom. The van der Waals surface area contributed by atoms with Crippen LogP contribution in [0.5, 0.6) is 0 Å². The molecule has 88 valence electrons. The molecule has 2 rings (SSSR count). The van der Waals surface area contributed by atoms with E-state index in [9.17, 15) is 4.79 Å². The zero-order valence-electron chi connectivity index (χ0n) is 9.52. The molecule has 1 aromatic heterocycles. The van der Waals surface area contributed by atoms with E-state index in [1.165, 1.54) is 0 Å². The zero-order valence-corrected chi connectivity index (χ0v) is 9.52. The van der Waals surface area contributed by atoms with Crippen molar-refractivity contribution in [3.05, 3.63) is 63.8 Å². The Labute approximate surface area is 99.5 Å². The summed E-state index contributed by atoms with van der Waals surface area (Å²) in [6.45, 7) is 0.461. The number of H-pyrrole nitrogens is 1. The van der Waals surface area contributed by atoms with Crippen molar-refractivity contribution in [1.82, 2.24) is 9.97 Å². The standard InChI is InChI=1S/C13H15N3O/c14-7-6-11-9-15-12(16-13(11)17)8-10-4-2-1-3-5-10/h1-5,9H,6-8,14H2,(H,15,16,17). The van der Waals surface area contributed by atoms with E-state index >= 15 is 0 Å². The van der Waals surface area contributed by atoms with Gasteiger partial charge in [0, 0.05) is 18.2 Å². The van der Waals surface area contributed by atoms with Gasteiger partial charge >= 0.3 is 0 Å². The molecule has 0 aliphatic carbocycles. The second kappa shape index (κ2) is 5.41. The molecule has 0 unspecified atom stereocenters. The molecule has 0 spiro atoms. The minimum absolute atomic E-state index is 0.0867. The van der Waals surface area contributed by atoms with Crippen LogP contribution in [0.1, 0.15) is 17.0 Å². The Morgan fingerprint density at radius 2 is 2.00 bits per heavy atom. The van der Waals surface area contributed by atoms with Crippen LogP contribution in [0.25, 0.3) is 0 Å². The maximum atomic E-state index is 11.7. The molecule has 1 aromatic carbocycles. The van der Waals surface area contributed by atoms with Crippen LogP contribution in [0, 0.1) is 0 Å². The number of aromatic nitrogens is 2. The first-order valence-corrected chi connectivity index (χ1v) is 5.60. The average Bonchev–Trinajstić information content (AvgIpc) is 2.34. The first-order chi connectivity index (χ1) is 8.29. The van der Waals surface area contributed by atoms with Gasteiger partial charge in [-0.05, 0) is 18.5 Å². The maximum absolute atomic E-state index is 11.7. The number of nitrogens with zero attached hydrogens (tertiary/aromatic N) is 1. The molecule has 2 aromatic rings. The Kier molecular flexibility index (Phi) is 3.67. The minimum Gasteiger partial charge on any atom is -0.330 e. The van der Waals surface area contributed by atoms with E-state index in [2.05, 4.69) is 9.97 Å². The molecule has 0 aliphatic heterocycles. The largest absolute Gasteiger partial charge is 0.330 e. The number of rotatable bonds is 4. The lowest BCUT2D eigenvalue weighted by Crippen LogP contribution is -2.19. The lowest BCUT2D eigenvalue weighted by atomic mass is 10.1. The van der Waals surface area contributed by atoms with Crippen LogP contribution in [0.15, 0.2) is 41.3 Å². The fourth-order valence-corrected chi connectivity index (χ4v) is 1.67. The highest BCUT2D eigenvalue weighted by Gasteiger charge is 2.02. The Balaban J connectivity index is 2.18. The summed E-state index contributed by atoms with van der Waals surface area (Å²) >= 11 is 0. The molecule has 0 amide bonds. The summed E-state index contributed by atoms with van der Waals surface area (Å²) in [7, 11) is 0. The third-order valence-corrected chi connectivity index (χ3v) is 2.55. The second-order valence-corrected chi connectivity index (χ2v) is 3.89. The monoisotopic (exact) mass is 229 g/mol. The summed E-state index contributed by atoms with van der Waals surface area (Å²) in [4.78, 5) is 18.7. The lowest BCUT2D eigenvalue weighted by molar-refractivity contribution is 0.877. The molecule has 0 aliphatic rings. The normalized spacial score (nSPS) is 10.4. The first-order valence-electron chi connectivity index (χ1n) is 5.60. The van der Waals surface area contributed by atoms with Gasteiger partial charge in [0.25, 0.3) is 5.56 Å². The lowest BCUT2D eigenvalue weighted by Gasteiger charge is -2.02. The Hall–Kier alpha value is -1.94. The Bertz CT molecular complexity index is 534. The fraction of sp³-hybridized carbons (Fsp3) is 0.231. The maximum Gasteiger partial charge on any atom is 0.254 e.